The van der Waals surface area contributed by atoms with Gasteiger partial charge in [-0.2, -0.15) is 0 Å². The van der Waals surface area contributed by atoms with E-state index in [0.717, 1.165) is 0 Å². The Morgan fingerprint density at radius 3 is 2.77 bits per heavy atom. The summed E-state index contributed by atoms with van der Waals surface area (Å²) in [5.74, 6) is 0.0628. The Balaban J connectivity index is 2.25. The molecule has 0 aromatic carbocycles. The lowest BCUT2D eigenvalue weighted by Crippen LogP contribution is -2.36. The van der Waals surface area contributed by atoms with Gasteiger partial charge in [0.2, 0.25) is 0 Å². The number of carbonyl (C=O) groups is 1. The molecule has 2 rings (SSSR count). The quantitative estimate of drug-likeness (QED) is 0.556. The number of ketones is 1. The Labute approximate surface area is 76.5 Å². The van der Waals surface area contributed by atoms with Gasteiger partial charge in [-0.3, -0.25) is 4.79 Å². The highest BCUT2D eigenvalue weighted by Crippen LogP contribution is 2.33. The predicted molar refractivity (Wildman–Crippen MR) is 45.9 cm³/mol. The molecule has 0 bridgehead atoms. The average Bonchev–Trinajstić information content (AvgIpc) is 2.26. The molecule has 0 aromatic heterocycles. The Hall–Kier alpha value is -0.840. The van der Waals surface area contributed by atoms with Gasteiger partial charge in [0, 0.05) is 12.5 Å². The Kier molecular flexibility index (Phi) is 1.73. The highest BCUT2D eigenvalue weighted by Gasteiger charge is 2.45. The second-order valence-electron chi connectivity index (χ2n) is 3.59. The van der Waals surface area contributed by atoms with E-state index < -0.39 is 15.4 Å². The molecular weight excluding hydrogens is 192 g/mol. The number of ether oxygens (including phenoxy) is 1. The van der Waals surface area contributed by atoms with Gasteiger partial charge in [0.1, 0.15) is 5.60 Å². The van der Waals surface area contributed by atoms with Crippen LogP contribution in [0, 0.1) is 0 Å². The van der Waals surface area contributed by atoms with Crippen LogP contribution in [0.5, 0.6) is 0 Å². The van der Waals surface area contributed by atoms with E-state index in [1.807, 2.05) is 0 Å². The van der Waals surface area contributed by atoms with Crippen molar-refractivity contribution in [1.29, 1.82) is 0 Å². The smallest absolute Gasteiger partial charge is 0.162 e. The van der Waals surface area contributed by atoms with E-state index >= 15 is 0 Å². The molecule has 0 aliphatic carbocycles. The number of carbonyl (C=O) groups excluding carboxylic acids is 1. The van der Waals surface area contributed by atoms with Gasteiger partial charge in [0.05, 0.1) is 24.2 Å². The highest BCUT2D eigenvalue weighted by molar-refractivity contribution is 7.91. The maximum absolute atomic E-state index is 11.2. The van der Waals surface area contributed by atoms with Gasteiger partial charge in [0.15, 0.2) is 15.6 Å². The van der Waals surface area contributed by atoms with Crippen molar-refractivity contribution in [3.8, 4) is 0 Å². The van der Waals surface area contributed by atoms with Crippen LogP contribution in [0.15, 0.2) is 12.3 Å². The Bertz CT molecular complexity index is 368. The zero-order chi connectivity index (χ0) is 9.53. The lowest BCUT2D eigenvalue weighted by Gasteiger charge is -2.28. The summed E-state index contributed by atoms with van der Waals surface area (Å²) in [6.07, 6.45) is 3.29. The van der Waals surface area contributed by atoms with Gasteiger partial charge in [0.25, 0.3) is 0 Å². The molecular formula is C8H10O4S. The van der Waals surface area contributed by atoms with Crippen LogP contribution in [0.4, 0.5) is 0 Å². The van der Waals surface area contributed by atoms with E-state index in [9.17, 15) is 13.2 Å². The fraction of sp³-hybridized carbons (Fsp3) is 0.625. The summed E-state index contributed by atoms with van der Waals surface area (Å²) in [5, 5.41) is 0. The van der Waals surface area contributed by atoms with Crippen molar-refractivity contribution in [3.63, 3.8) is 0 Å². The predicted octanol–water partition coefficient (Wildman–Crippen LogP) is 0.0468. The van der Waals surface area contributed by atoms with E-state index in [-0.39, 0.29) is 23.7 Å². The number of sulfone groups is 1. The van der Waals surface area contributed by atoms with Gasteiger partial charge in [-0.25, -0.2) is 8.42 Å². The lowest BCUT2D eigenvalue weighted by atomic mass is 9.95. The summed E-state index contributed by atoms with van der Waals surface area (Å²) in [7, 11) is -2.99. The molecule has 2 aliphatic rings. The summed E-state index contributed by atoms with van der Waals surface area (Å²) in [4.78, 5) is 11.1. The third-order valence-electron chi connectivity index (χ3n) is 2.42. The van der Waals surface area contributed by atoms with Crippen LogP contribution in [0.1, 0.15) is 12.8 Å². The van der Waals surface area contributed by atoms with Crippen molar-refractivity contribution in [2.45, 2.75) is 18.4 Å². The minimum atomic E-state index is -2.99. The number of allylic oxidation sites excluding steroid dienone is 1. The SMILES string of the molecule is O=C1C=COC2(CCS(=O)(=O)C2)C1. The van der Waals surface area contributed by atoms with Crippen molar-refractivity contribution in [3.05, 3.63) is 12.3 Å². The van der Waals surface area contributed by atoms with Crippen molar-refractivity contribution < 1.29 is 17.9 Å². The number of hydrogen-bond donors (Lipinski definition) is 0. The van der Waals surface area contributed by atoms with Crippen LogP contribution < -0.4 is 0 Å². The largest absolute Gasteiger partial charge is 0.493 e. The molecule has 0 radical (unpaired) electrons. The molecule has 4 nitrogen and oxygen atoms in total. The molecule has 5 heteroatoms. The lowest BCUT2D eigenvalue weighted by molar-refractivity contribution is -0.121. The van der Waals surface area contributed by atoms with E-state index in [4.69, 9.17) is 4.74 Å². The van der Waals surface area contributed by atoms with E-state index in [1.54, 1.807) is 0 Å². The second-order valence-corrected chi connectivity index (χ2v) is 5.77. The van der Waals surface area contributed by atoms with E-state index in [2.05, 4.69) is 0 Å². The Morgan fingerprint density at radius 2 is 2.23 bits per heavy atom. The summed E-state index contributed by atoms with van der Waals surface area (Å²) in [6.45, 7) is 0. The van der Waals surface area contributed by atoms with Crippen molar-refractivity contribution in [1.82, 2.24) is 0 Å². The van der Waals surface area contributed by atoms with Crippen LogP contribution >= 0.6 is 0 Å². The molecule has 1 saturated heterocycles. The summed E-state index contributed by atoms with van der Waals surface area (Å²) >= 11 is 0. The topological polar surface area (TPSA) is 60.4 Å². The van der Waals surface area contributed by atoms with Crippen molar-refractivity contribution in [2.24, 2.45) is 0 Å². The van der Waals surface area contributed by atoms with Gasteiger partial charge in [-0.15, -0.1) is 0 Å². The van der Waals surface area contributed by atoms with Gasteiger partial charge < -0.3 is 4.74 Å². The van der Waals surface area contributed by atoms with Gasteiger partial charge >= 0.3 is 0 Å². The van der Waals surface area contributed by atoms with Crippen LogP contribution in [-0.4, -0.2) is 31.3 Å². The standard InChI is InChI=1S/C8H10O4S/c9-7-1-3-12-8(5-7)2-4-13(10,11)6-8/h1,3H,2,4-6H2. The zero-order valence-corrected chi connectivity index (χ0v) is 7.84. The third kappa shape index (κ3) is 1.60. The summed E-state index contributed by atoms with van der Waals surface area (Å²) < 4.78 is 27.6. The van der Waals surface area contributed by atoms with Crippen LogP contribution in [0.3, 0.4) is 0 Å². The second kappa shape index (κ2) is 2.57. The monoisotopic (exact) mass is 202 g/mol. The molecule has 0 amide bonds. The summed E-state index contributed by atoms with van der Waals surface area (Å²) in [6, 6.07) is 0. The van der Waals surface area contributed by atoms with E-state index in [1.165, 1.54) is 12.3 Å². The molecule has 1 spiro atoms. The normalized spacial score (nSPS) is 36.5. The van der Waals surface area contributed by atoms with Crippen LogP contribution in [0.2, 0.25) is 0 Å². The Morgan fingerprint density at radius 1 is 1.46 bits per heavy atom. The minimum Gasteiger partial charge on any atom is -0.493 e. The molecule has 0 saturated carbocycles. The molecule has 2 heterocycles. The molecule has 2 aliphatic heterocycles. The first-order valence-corrected chi connectivity index (χ1v) is 5.91. The fourth-order valence-electron chi connectivity index (χ4n) is 1.79. The molecule has 0 aromatic rings. The van der Waals surface area contributed by atoms with E-state index in [0.29, 0.717) is 6.42 Å². The first kappa shape index (κ1) is 8.74. The molecule has 72 valence electrons. The van der Waals surface area contributed by atoms with Crippen molar-refractivity contribution >= 4 is 15.6 Å². The maximum atomic E-state index is 11.2. The van der Waals surface area contributed by atoms with Crippen LogP contribution in [0.25, 0.3) is 0 Å². The number of rotatable bonds is 0. The molecule has 1 atom stereocenters. The third-order valence-corrected chi connectivity index (χ3v) is 4.21. The van der Waals surface area contributed by atoms with Gasteiger partial charge in [-0.05, 0) is 0 Å². The minimum absolute atomic E-state index is 0.0178. The fourth-order valence-corrected chi connectivity index (χ4v) is 3.73. The first-order valence-electron chi connectivity index (χ1n) is 4.09. The molecule has 1 unspecified atom stereocenters. The zero-order valence-electron chi connectivity index (χ0n) is 7.02. The van der Waals surface area contributed by atoms with Crippen molar-refractivity contribution in [2.75, 3.05) is 11.5 Å². The number of hydrogen-bond acceptors (Lipinski definition) is 4. The van der Waals surface area contributed by atoms with Crippen LogP contribution in [-0.2, 0) is 19.4 Å². The molecule has 1 fully saturated rings. The average molecular weight is 202 g/mol. The summed E-state index contributed by atoms with van der Waals surface area (Å²) in [5.41, 5.74) is -0.745. The highest BCUT2D eigenvalue weighted by atomic mass is 32.2. The molecule has 0 N–H and O–H groups in total. The molecule has 13 heavy (non-hydrogen) atoms. The first-order chi connectivity index (χ1) is 6.02. The maximum Gasteiger partial charge on any atom is 0.162 e. The van der Waals surface area contributed by atoms with Gasteiger partial charge in [-0.1, -0.05) is 0 Å².